The molecular formula is C12H21NO4. The standard InChI is InChI=1S/C12H21NO4/c1-5-16-12(11(15)17-9(2)3)7-6-8-13(12)10(4)14/h9H,5-8H2,1-4H3/t12-/m1/s1. The lowest BCUT2D eigenvalue weighted by molar-refractivity contribution is -0.201. The molecule has 0 saturated carbocycles. The molecule has 1 aliphatic rings. The molecule has 1 atom stereocenters. The Morgan fingerprint density at radius 1 is 1.41 bits per heavy atom. The molecule has 1 saturated heterocycles. The summed E-state index contributed by atoms with van der Waals surface area (Å²) in [7, 11) is 0. The molecule has 1 rings (SSSR count). The average molecular weight is 243 g/mol. The van der Waals surface area contributed by atoms with Gasteiger partial charge in [0.25, 0.3) is 0 Å². The van der Waals surface area contributed by atoms with E-state index in [1.54, 1.807) is 20.8 Å². The van der Waals surface area contributed by atoms with Gasteiger partial charge in [0.1, 0.15) is 0 Å². The van der Waals surface area contributed by atoms with Gasteiger partial charge in [-0.05, 0) is 27.2 Å². The number of nitrogens with zero attached hydrogens (tertiary/aromatic N) is 1. The highest BCUT2D eigenvalue weighted by molar-refractivity contribution is 5.86. The maximum absolute atomic E-state index is 12.1. The van der Waals surface area contributed by atoms with Crippen LogP contribution in [0.2, 0.25) is 0 Å². The van der Waals surface area contributed by atoms with Gasteiger partial charge in [0.05, 0.1) is 6.10 Å². The molecule has 0 aliphatic carbocycles. The summed E-state index contributed by atoms with van der Waals surface area (Å²) in [6, 6.07) is 0. The Kier molecular flexibility index (Phi) is 4.51. The van der Waals surface area contributed by atoms with E-state index in [1.165, 1.54) is 11.8 Å². The van der Waals surface area contributed by atoms with Crippen LogP contribution in [-0.4, -0.2) is 41.8 Å². The van der Waals surface area contributed by atoms with E-state index in [-0.39, 0.29) is 12.0 Å². The molecule has 17 heavy (non-hydrogen) atoms. The Balaban J connectivity index is 2.95. The number of amides is 1. The van der Waals surface area contributed by atoms with Gasteiger partial charge in [0.15, 0.2) is 0 Å². The summed E-state index contributed by atoms with van der Waals surface area (Å²) >= 11 is 0. The van der Waals surface area contributed by atoms with Crippen molar-refractivity contribution in [2.45, 2.75) is 52.4 Å². The zero-order chi connectivity index (χ0) is 13.1. The average Bonchev–Trinajstić information content (AvgIpc) is 2.62. The normalized spacial score (nSPS) is 24.2. The third kappa shape index (κ3) is 2.77. The maximum Gasteiger partial charge on any atom is 0.360 e. The number of carbonyl (C=O) groups excluding carboxylic acids is 2. The first kappa shape index (κ1) is 14.0. The van der Waals surface area contributed by atoms with E-state index < -0.39 is 11.7 Å². The van der Waals surface area contributed by atoms with E-state index in [0.29, 0.717) is 19.6 Å². The minimum absolute atomic E-state index is 0.156. The van der Waals surface area contributed by atoms with Crippen molar-refractivity contribution in [3.8, 4) is 0 Å². The van der Waals surface area contributed by atoms with Crippen LogP contribution in [0.1, 0.15) is 40.5 Å². The molecule has 0 spiro atoms. The Labute approximate surface area is 102 Å². The quantitative estimate of drug-likeness (QED) is 0.699. The lowest BCUT2D eigenvalue weighted by Gasteiger charge is -2.35. The van der Waals surface area contributed by atoms with Gasteiger partial charge in [0, 0.05) is 26.5 Å². The van der Waals surface area contributed by atoms with Gasteiger partial charge < -0.3 is 14.4 Å². The lowest BCUT2D eigenvalue weighted by atomic mass is 10.1. The predicted octanol–water partition coefficient (Wildman–Crippen LogP) is 1.31. The topological polar surface area (TPSA) is 55.8 Å². The second kappa shape index (κ2) is 5.49. The van der Waals surface area contributed by atoms with Gasteiger partial charge in [-0.2, -0.15) is 0 Å². The third-order valence-corrected chi connectivity index (χ3v) is 2.76. The van der Waals surface area contributed by atoms with Gasteiger partial charge in [-0.25, -0.2) is 4.79 Å². The van der Waals surface area contributed by atoms with Crippen molar-refractivity contribution < 1.29 is 19.1 Å². The molecule has 1 amide bonds. The predicted molar refractivity (Wildman–Crippen MR) is 62.2 cm³/mol. The molecule has 5 nitrogen and oxygen atoms in total. The van der Waals surface area contributed by atoms with Crippen LogP contribution in [0, 0.1) is 0 Å². The van der Waals surface area contributed by atoms with Crippen LogP contribution in [0.15, 0.2) is 0 Å². The number of carbonyl (C=O) groups is 2. The molecule has 1 heterocycles. The van der Waals surface area contributed by atoms with Crippen molar-refractivity contribution in [1.82, 2.24) is 4.90 Å². The Morgan fingerprint density at radius 3 is 2.53 bits per heavy atom. The summed E-state index contributed by atoms with van der Waals surface area (Å²) in [5.74, 6) is -0.612. The first-order valence-electron chi connectivity index (χ1n) is 6.07. The minimum atomic E-state index is -1.20. The monoisotopic (exact) mass is 243 g/mol. The first-order valence-corrected chi connectivity index (χ1v) is 6.07. The number of ether oxygens (including phenoxy) is 2. The lowest BCUT2D eigenvalue weighted by Crippen LogP contribution is -2.55. The molecule has 0 bridgehead atoms. The number of hydrogen-bond acceptors (Lipinski definition) is 4. The van der Waals surface area contributed by atoms with Crippen LogP contribution in [0.25, 0.3) is 0 Å². The summed E-state index contributed by atoms with van der Waals surface area (Å²) in [4.78, 5) is 25.2. The fourth-order valence-electron chi connectivity index (χ4n) is 2.17. The van der Waals surface area contributed by atoms with Crippen LogP contribution in [0.3, 0.4) is 0 Å². The van der Waals surface area contributed by atoms with Crippen molar-refractivity contribution in [3.05, 3.63) is 0 Å². The fraction of sp³-hybridized carbons (Fsp3) is 0.833. The fourth-order valence-corrected chi connectivity index (χ4v) is 2.17. The van der Waals surface area contributed by atoms with Crippen molar-refractivity contribution in [1.29, 1.82) is 0 Å². The zero-order valence-corrected chi connectivity index (χ0v) is 11.0. The molecule has 5 heteroatoms. The van der Waals surface area contributed by atoms with E-state index >= 15 is 0 Å². The van der Waals surface area contributed by atoms with Crippen LogP contribution in [-0.2, 0) is 19.1 Å². The molecule has 0 aromatic rings. The number of rotatable bonds is 4. The highest BCUT2D eigenvalue weighted by Gasteiger charge is 2.51. The van der Waals surface area contributed by atoms with Crippen LogP contribution < -0.4 is 0 Å². The highest BCUT2D eigenvalue weighted by atomic mass is 16.6. The van der Waals surface area contributed by atoms with E-state index in [9.17, 15) is 9.59 Å². The number of likely N-dealkylation sites (tertiary alicyclic amines) is 1. The summed E-state index contributed by atoms with van der Waals surface area (Å²) < 4.78 is 10.8. The second-order valence-electron chi connectivity index (χ2n) is 4.45. The Bertz CT molecular complexity index is 303. The van der Waals surface area contributed by atoms with E-state index in [1.807, 2.05) is 0 Å². The molecule has 0 unspecified atom stereocenters. The van der Waals surface area contributed by atoms with Crippen molar-refractivity contribution in [3.63, 3.8) is 0 Å². The van der Waals surface area contributed by atoms with Crippen LogP contribution in [0.5, 0.6) is 0 Å². The summed E-state index contributed by atoms with van der Waals surface area (Å²) in [5, 5.41) is 0. The van der Waals surface area contributed by atoms with E-state index in [2.05, 4.69) is 0 Å². The molecule has 1 fully saturated rings. The molecular weight excluding hydrogens is 222 g/mol. The maximum atomic E-state index is 12.1. The van der Waals surface area contributed by atoms with Gasteiger partial charge in [0.2, 0.25) is 11.6 Å². The van der Waals surface area contributed by atoms with Crippen LogP contribution in [0.4, 0.5) is 0 Å². The first-order chi connectivity index (χ1) is 7.94. The largest absolute Gasteiger partial charge is 0.459 e. The zero-order valence-electron chi connectivity index (χ0n) is 11.0. The molecule has 0 aromatic carbocycles. The van der Waals surface area contributed by atoms with Gasteiger partial charge >= 0.3 is 5.97 Å². The van der Waals surface area contributed by atoms with Crippen molar-refractivity contribution >= 4 is 11.9 Å². The van der Waals surface area contributed by atoms with Gasteiger partial charge in [-0.15, -0.1) is 0 Å². The SMILES string of the molecule is CCO[C@@]1(C(=O)OC(C)C)CCCN1C(C)=O. The smallest absolute Gasteiger partial charge is 0.360 e. The van der Waals surface area contributed by atoms with Gasteiger partial charge in [-0.1, -0.05) is 0 Å². The molecule has 1 aliphatic heterocycles. The van der Waals surface area contributed by atoms with Crippen molar-refractivity contribution in [2.24, 2.45) is 0 Å². The van der Waals surface area contributed by atoms with E-state index in [0.717, 1.165) is 6.42 Å². The third-order valence-electron chi connectivity index (χ3n) is 2.76. The van der Waals surface area contributed by atoms with Crippen molar-refractivity contribution in [2.75, 3.05) is 13.2 Å². The molecule has 0 aromatic heterocycles. The highest BCUT2D eigenvalue weighted by Crippen LogP contribution is 2.32. The number of esters is 1. The minimum Gasteiger partial charge on any atom is -0.459 e. The Morgan fingerprint density at radius 2 is 2.06 bits per heavy atom. The van der Waals surface area contributed by atoms with E-state index in [4.69, 9.17) is 9.47 Å². The summed E-state index contributed by atoms with van der Waals surface area (Å²) in [5.41, 5.74) is -1.20. The summed E-state index contributed by atoms with van der Waals surface area (Å²) in [6.07, 6.45) is 1.05. The Hall–Kier alpha value is -1.10. The van der Waals surface area contributed by atoms with Gasteiger partial charge in [-0.3, -0.25) is 4.79 Å². The second-order valence-corrected chi connectivity index (χ2v) is 4.45. The number of hydrogen-bond donors (Lipinski definition) is 0. The summed E-state index contributed by atoms with van der Waals surface area (Å²) in [6.45, 7) is 7.73. The molecule has 0 radical (unpaired) electrons. The molecule has 0 N–H and O–H groups in total. The van der Waals surface area contributed by atoms with Crippen LogP contribution >= 0.6 is 0 Å². The molecule has 98 valence electrons.